The van der Waals surface area contributed by atoms with Crippen LogP contribution >= 0.6 is 38.9 Å². The summed E-state index contributed by atoms with van der Waals surface area (Å²) >= 11 is 9.57. The smallest absolute Gasteiger partial charge is 0.274 e. The standard InChI is InChI=1S/C10H7BrClN3O4S2/c1-5-2-6(11)7(3-8(5)15(16)17)14-21(18,19)9-4-13-10(12)20-9/h2-4,14H,1H3. The zero-order valence-electron chi connectivity index (χ0n) is 10.3. The molecule has 1 heterocycles. The Hall–Kier alpha value is -1.23. The van der Waals surface area contributed by atoms with Crippen molar-refractivity contribution in [2.24, 2.45) is 0 Å². The summed E-state index contributed by atoms with van der Waals surface area (Å²) in [5.74, 6) is 0. The van der Waals surface area contributed by atoms with Crippen LogP contribution in [0.15, 0.2) is 27.0 Å². The van der Waals surface area contributed by atoms with E-state index in [0.717, 1.165) is 23.6 Å². The molecule has 1 N–H and O–H groups in total. The summed E-state index contributed by atoms with van der Waals surface area (Å²) < 4.78 is 27.0. The second kappa shape index (κ2) is 5.87. The number of benzene rings is 1. The van der Waals surface area contributed by atoms with E-state index in [2.05, 4.69) is 25.6 Å². The minimum atomic E-state index is -3.90. The summed E-state index contributed by atoms with van der Waals surface area (Å²) in [4.78, 5) is 14.0. The summed E-state index contributed by atoms with van der Waals surface area (Å²) in [6.45, 7) is 1.56. The molecule has 0 amide bonds. The number of nitro groups is 1. The molecule has 0 saturated carbocycles. The molecule has 112 valence electrons. The lowest BCUT2D eigenvalue weighted by Gasteiger charge is -2.09. The Balaban J connectivity index is 2.44. The molecule has 21 heavy (non-hydrogen) atoms. The van der Waals surface area contributed by atoms with E-state index in [9.17, 15) is 18.5 Å². The van der Waals surface area contributed by atoms with Crippen LogP contribution in [0.5, 0.6) is 0 Å². The van der Waals surface area contributed by atoms with Gasteiger partial charge in [0.05, 0.1) is 16.8 Å². The predicted molar refractivity (Wildman–Crippen MR) is 83.5 cm³/mol. The van der Waals surface area contributed by atoms with Gasteiger partial charge >= 0.3 is 0 Å². The van der Waals surface area contributed by atoms with Crippen LogP contribution in [-0.2, 0) is 10.0 Å². The Morgan fingerprint density at radius 3 is 2.67 bits per heavy atom. The van der Waals surface area contributed by atoms with Crippen LogP contribution < -0.4 is 4.72 Å². The zero-order valence-corrected chi connectivity index (χ0v) is 14.3. The molecule has 0 saturated heterocycles. The van der Waals surface area contributed by atoms with Crippen molar-refractivity contribution in [2.75, 3.05) is 4.72 Å². The van der Waals surface area contributed by atoms with Crippen molar-refractivity contribution in [3.63, 3.8) is 0 Å². The summed E-state index contributed by atoms with van der Waals surface area (Å²) in [6, 6.07) is 2.62. The number of nitrogens with one attached hydrogen (secondary N) is 1. The van der Waals surface area contributed by atoms with Crippen LogP contribution in [-0.4, -0.2) is 18.3 Å². The minimum absolute atomic E-state index is 0.0665. The molecule has 0 radical (unpaired) electrons. The minimum Gasteiger partial charge on any atom is -0.278 e. The zero-order chi connectivity index (χ0) is 15.8. The van der Waals surface area contributed by atoms with Gasteiger partial charge in [-0.25, -0.2) is 13.4 Å². The number of thiazole rings is 1. The van der Waals surface area contributed by atoms with Crippen molar-refractivity contribution in [1.82, 2.24) is 4.98 Å². The van der Waals surface area contributed by atoms with Gasteiger partial charge in [-0.2, -0.15) is 0 Å². The number of sulfonamides is 1. The molecule has 2 rings (SSSR count). The van der Waals surface area contributed by atoms with E-state index in [-0.39, 0.29) is 20.1 Å². The molecule has 1 aromatic carbocycles. The van der Waals surface area contributed by atoms with Crippen molar-refractivity contribution in [3.8, 4) is 0 Å². The highest BCUT2D eigenvalue weighted by atomic mass is 79.9. The molecule has 0 aliphatic heterocycles. The first kappa shape index (κ1) is 16.1. The van der Waals surface area contributed by atoms with Crippen LogP contribution in [0.3, 0.4) is 0 Å². The number of halogens is 2. The largest absolute Gasteiger partial charge is 0.278 e. The Bertz CT molecular complexity index is 822. The van der Waals surface area contributed by atoms with Crippen LogP contribution in [0.1, 0.15) is 5.56 Å². The van der Waals surface area contributed by atoms with E-state index < -0.39 is 14.9 Å². The summed E-state index contributed by atoms with van der Waals surface area (Å²) in [5.41, 5.74) is 0.297. The molecular weight excluding hydrogens is 406 g/mol. The number of aryl methyl sites for hydroxylation is 1. The van der Waals surface area contributed by atoms with Crippen molar-refractivity contribution in [2.45, 2.75) is 11.1 Å². The number of rotatable bonds is 4. The molecular formula is C10H7BrClN3O4S2. The average Bonchev–Trinajstić information content (AvgIpc) is 2.79. The molecule has 7 nitrogen and oxygen atoms in total. The molecule has 0 bridgehead atoms. The van der Waals surface area contributed by atoms with Crippen LogP contribution in [0.2, 0.25) is 4.47 Å². The number of nitrogens with zero attached hydrogens (tertiary/aromatic N) is 2. The second-order valence-electron chi connectivity index (χ2n) is 3.91. The average molecular weight is 413 g/mol. The third kappa shape index (κ3) is 3.51. The number of hydrogen-bond donors (Lipinski definition) is 1. The molecule has 2 aromatic rings. The predicted octanol–water partition coefficient (Wildman–Crippen LogP) is 3.58. The highest BCUT2D eigenvalue weighted by Gasteiger charge is 2.21. The summed E-state index contributed by atoms with van der Waals surface area (Å²) in [5, 5.41) is 10.9. The number of nitro benzene ring substituents is 1. The van der Waals surface area contributed by atoms with Gasteiger partial charge in [-0.05, 0) is 28.9 Å². The SMILES string of the molecule is Cc1cc(Br)c(NS(=O)(=O)c2cnc(Cl)s2)cc1[N+](=O)[O-]. The fourth-order valence-corrected chi connectivity index (χ4v) is 4.55. The maximum atomic E-state index is 12.1. The van der Waals surface area contributed by atoms with E-state index >= 15 is 0 Å². The highest BCUT2D eigenvalue weighted by molar-refractivity contribution is 9.10. The molecule has 0 atom stereocenters. The van der Waals surface area contributed by atoms with E-state index in [4.69, 9.17) is 11.6 Å². The first-order valence-electron chi connectivity index (χ1n) is 5.29. The molecule has 11 heteroatoms. The van der Waals surface area contributed by atoms with Gasteiger partial charge in [0.2, 0.25) is 0 Å². The third-order valence-electron chi connectivity index (χ3n) is 2.45. The monoisotopic (exact) mass is 411 g/mol. The molecule has 1 aromatic heterocycles. The van der Waals surface area contributed by atoms with E-state index in [1.807, 2.05) is 0 Å². The number of aromatic nitrogens is 1. The van der Waals surface area contributed by atoms with E-state index in [1.165, 1.54) is 6.07 Å². The number of anilines is 1. The van der Waals surface area contributed by atoms with Gasteiger partial charge in [-0.15, -0.1) is 0 Å². The van der Waals surface area contributed by atoms with Crippen LogP contribution in [0.25, 0.3) is 0 Å². The summed E-state index contributed by atoms with van der Waals surface area (Å²) in [7, 11) is -3.90. The van der Waals surface area contributed by atoms with Gasteiger partial charge in [0.25, 0.3) is 15.7 Å². The van der Waals surface area contributed by atoms with Crippen molar-refractivity contribution < 1.29 is 13.3 Å². The Labute approximate surface area is 137 Å². The Morgan fingerprint density at radius 1 is 1.48 bits per heavy atom. The van der Waals surface area contributed by atoms with Gasteiger partial charge < -0.3 is 0 Å². The van der Waals surface area contributed by atoms with Crippen molar-refractivity contribution in [1.29, 1.82) is 0 Å². The normalized spacial score (nSPS) is 11.4. The van der Waals surface area contributed by atoms with Crippen molar-refractivity contribution in [3.05, 3.63) is 42.9 Å². The quantitative estimate of drug-likeness (QED) is 0.611. The van der Waals surface area contributed by atoms with Crippen LogP contribution in [0, 0.1) is 17.0 Å². The third-order valence-corrected chi connectivity index (χ3v) is 6.05. The second-order valence-corrected chi connectivity index (χ2v) is 8.29. The van der Waals surface area contributed by atoms with Gasteiger partial charge in [0.15, 0.2) is 8.68 Å². The van der Waals surface area contributed by atoms with E-state index in [1.54, 1.807) is 6.92 Å². The number of hydrogen-bond acceptors (Lipinski definition) is 6. The first-order valence-corrected chi connectivity index (χ1v) is 8.76. The maximum Gasteiger partial charge on any atom is 0.274 e. The van der Waals surface area contributed by atoms with Gasteiger partial charge in [-0.3, -0.25) is 14.8 Å². The lowest BCUT2D eigenvalue weighted by molar-refractivity contribution is -0.385. The topological polar surface area (TPSA) is 102 Å². The fourth-order valence-electron chi connectivity index (χ4n) is 1.49. The molecule has 0 spiro atoms. The molecule has 0 aliphatic carbocycles. The van der Waals surface area contributed by atoms with Crippen molar-refractivity contribution >= 4 is 60.3 Å². The molecule has 0 fully saturated rings. The Kier molecular flexibility index (Phi) is 4.51. The first-order chi connectivity index (χ1) is 9.70. The van der Waals surface area contributed by atoms with Gasteiger partial charge in [0.1, 0.15) is 0 Å². The lowest BCUT2D eigenvalue weighted by Crippen LogP contribution is -2.12. The highest BCUT2D eigenvalue weighted by Crippen LogP contribution is 2.33. The molecule has 0 aliphatic rings. The lowest BCUT2D eigenvalue weighted by atomic mass is 10.2. The maximum absolute atomic E-state index is 12.1. The van der Waals surface area contributed by atoms with Gasteiger partial charge in [0, 0.05) is 16.1 Å². The van der Waals surface area contributed by atoms with Gasteiger partial charge in [-0.1, -0.05) is 22.9 Å². The summed E-state index contributed by atoms with van der Waals surface area (Å²) in [6.07, 6.45) is 1.12. The fraction of sp³-hybridized carbons (Fsp3) is 0.100. The van der Waals surface area contributed by atoms with E-state index in [0.29, 0.717) is 10.0 Å². The van der Waals surface area contributed by atoms with Crippen LogP contribution in [0.4, 0.5) is 11.4 Å². The molecule has 0 unspecified atom stereocenters. The Morgan fingerprint density at radius 2 is 2.14 bits per heavy atom.